The van der Waals surface area contributed by atoms with Crippen LogP contribution in [0.15, 0.2) is 18.2 Å². The number of nitrogens with one attached hydrogen (secondary N) is 1. The van der Waals surface area contributed by atoms with E-state index >= 15 is 0 Å². The number of nitrogens with zero attached hydrogens (tertiary/aromatic N) is 2. The van der Waals surface area contributed by atoms with Gasteiger partial charge in [-0.25, -0.2) is 4.98 Å². The highest BCUT2D eigenvalue weighted by Gasteiger charge is 2.34. The fraction of sp³-hybridized carbons (Fsp3) is 0.619. The van der Waals surface area contributed by atoms with Crippen molar-refractivity contribution in [3.63, 3.8) is 0 Å². The van der Waals surface area contributed by atoms with Crippen LogP contribution in [0.1, 0.15) is 31.5 Å². The maximum absolute atomic E-state index is 11.4. The number of hydrogen-bond acceptors (Lipinski definition) is 5. The van der Waals surface area contributed by atoms with E-state index < -0.39 is 5.97 Å². The number of aromatic amines is 1. The standard InChI is InChI=1S/C21H29N3O4/c1-27-18-4-2-3-17-21(18)23-19(22-17)11-15-13-24(16-6-9-28-10-7-16)8-5-14(15)12-20(25)26/h2-4,14-16H,5-13H2,1H3,(H,22,23)(H,25,26)/t14-,15-/m0/s1. The molecule has 0 amide bonds. The minimum absolute atomic E-state index is 0.184. The van der Waals surface area contributed by atoms with Gasteiger partial charge in [-0.15, -0.1) is 0 Å². The first kappa shape index (κ1) is 19.2. The molecule has 2 atom stereocenters. The fourth-order valence-electron chi connectivity index (χ4n) is 4.78. The van der Waals surface area contributed by atoms with Crippen molar-refractivity contribution in [1.29, 1.82) is 0 Å². The summed E-state index contributed by atoms with van der Waals surface area (Å²) in [5.74, 6) is 1.42. The predicted molar refractivity (Wildman–Crippen MR) is 106 cm³/mol. The summed E-state index contributed by atoms with van der Waals surface area (Å²) in [4.78, 5) is 22.1. The van der Waals surface area contributed by atoms with Crippen LogP contribution in [0.25, 0.3) is 11.0 Å². The van der Waals surface area contributed by atoms with Gasteiger partial charge in [-0.2, -0.15) is 0 Å². The number of carboxylic acids is 1. The summed E-state index contributed by atoms with van der Waals surface area (Å²) in [7, 11) is 1.65. The number of aliphatic carboxylic acids is 1. The molecule has 2 saturated heterocycles. The Hall–Kier alpha value is -2.12. The number of ether oxygens (including phenoxy) is 2. The van der Waals surface area contributed by atoms with E-state index in [2.05, 4.69) is 9.88 Å². The average molecular weight is 387 g/mol. The Morgan fingerprint density at radius 3 is 2.89 bits per heavy atom. The first-order valence-corrected chi connectivity index (χ1v) is 10.2. The van der Waals surface area contributed by atoms with E-state index in [-0.39, 0.29) is 18.3 Å². The molecule has 2 fully saturated rings. The van der Waals surface area contributed by atoms with Crippen molar-refractivity contribution < 1.29 is 19.4 Å². The number of fused-ring (bicyclic) bond motifs is 1. The lowest BCUT2D eigenvalue weighted by Gasteiger charge is -2.43. The van der Waals surface area contributed by atoms with E-state index in [0.29, 0.717) is 6.04 Å². The summed E-state index contributed by atoms with van der Waals surface area (Å²) in [6, 6.07) is 6.41. The minimum atomic E-state index is -0.708. The van der Waals surface area contributed by atoms with E-state index in [1.807, 2.05) is 18.2 Å². The molecule has 2 aliphatic rings. The second-order valence-electron chi connectivity index (χ2n) is 7.99. The van der Waals surface area contributed by atoms with Crippen molar-refractivity contribution in [3.05, 3.63) is 24.0 Å². The number of H-pyrrole nitrogens is 1. The number of likely N-dealkylation sites (tertiary alicyclic amines) is 1. The number of hydrogen-bond donors (Lipinski definition) is 2. The number of methoxy groups -OCH3 is 1. The van der Waals surface area contributed by atoms with E-state index in [4.69, 9.17) is 14.5 Å². The van der Waals surface area contributed by atoms with Crippen molar-refractivity contribution in [2.24, 2.45) is 11.8 Å². The zero-order chi connectivity index (χ0) is 19.5. The topological polar surface area (TPSA) is 87.7 Å². The molecule has 152 valence electrons. The third-order valence-electron chi connectivity index (χ3n) is 6.27. The first-order valence-electron chi connectivity index (χ1n) is 10.2. The first-order chi connectivity index (χ1) is 13.6. The third-order valence-corrected chi connectivity index (χ3v) is 6.27. The maximum Gasteiger partial charge on any atom is 0.303 e. The number of benzene rings is 1. The zero-order valence-corrected chi connectivity index (χ0v) is 16.4. The molecule has 3 heterocycles. The van der Waals surface area contributed by atoms with E-state index in [0.717, 1.165) is 74.6 Å². The number of rotatable bonds is 6. The second kappa shape index (κ2) is 8.49. The molecule has 2 aliphatic heterocycles. The molecular formula is C21H29N3O4. The van der Waals surface area contributed by atoms with Gasteiger partial charge in [0.05, 0.1) is 12.6 Å². The van der Waals surface area contributed by atoms with Crippen LogP contribution >= 0.6 is 0 Å². The molecule has 0 unspecified atom stereocenters. The van der Waals surface area contributed by atoms with Crippen LogP contribution in [0.5, 0.6) is 5.75 Å². The van der Waals surface area contributed by atoms with Gasteiger partial charge in [0.25, 0.3) is 0 Å². The summed E-state index contributed by atoms with van der Waals surface area (Å²) >= 11 is 0. The summed E-state index contributed by atoms with van der Waals surface area (Å²) in [6.07, 6.45) is 4.06. The predicted octanol–water partition coefficient (Wildman–Crippen LogP) is 2.71. The number of carbonyl (C=O) groups is 1. The normalized spacial score (nSPS) is 24.5. The molecule has 0 bridgehead atoms. The number of para-hydroxylation sites is 1. The van der Waals surface area contributed by atoms with Crippen LogP contribution in [-0.2, 0) is 16.0 Å². The molecular weight excluding hydrogens is 358 g/mol. The SMILES string of the molecule is COc1cccc2[nH]c(C[C@H]3CN(C4CCOCC4)CC[C@H]3CC(=O)O)nc12. The number of aromatic nitrogens is 2. The molecule has 2 N–H and O–H groups in total. The number of imidazole rings is 1. The number of piperidine rings is 1. The highest BCUT2D eigenvalue weighted by molar-refractivity contribution is 5.81. The van der Waals surface area contributed by atoms with Gasteiger partial charge in [0, 0.05) is 38.6 Å². The maximum atomic E-state index is 11.4. The highest BCUT2D eigenvalue weighted by atomic mass is 16.5. The lowest BCUT2D eigenvalue weighted by atomic mass is 9.80. The van der Waals surface area contributed by atoms with Gasteiger partial charge in [0.2, 0.25) is 0 Å². The van der Waals surface area contributed by atoms with E-state index in [9.17, 15) is 9.90 Å². The van der Waals surface area contributed by atoms with Gasteiger partial charge in [0.1, 0.15) is 17.1 Å². The Morgan fingerprint density at radius 1 is 1.32 bits per heavy atom. The van der Waals surface area contributed by atoms with Gasteiger partial charge in [-0.3, -0.25) is 9.69 Å². The molecule has 1 aromatic carbocycles. The lowest BCUT2D eigenvalue weighted by Crippen LogP contribution is -2.48. The highest BCUT2D eigenvalue weighted by Crippen LogP contribution is 2.32. The molecule has 0 aliphatic carbocycles. The van der Waals surface area contributed by atoms with Crippen molar-refractivity contribution in [2.75, 3.05) is 33.4 Å². The molecule has 0 spiro atoms. The van der Waals surface area contributed by atoms with Gasteiger partial charge in [-0.1, -0.05) is 6.07 Å². The Kier molecular flexibility index (Phi) is 5.82. The van der Waals surface area contributed by atoms with Crippen LogP contribution in [-0.4, -0.2) is 65.4 Å². The Labute approximate surface area is 165 Å². The van der Waals surface area contributed by atoms with Crippen molar-refractivity contribution in [3.8, 4) is 5.75 Å². The van der Waals surface area contributed by atoms with Gasteiger partial charge < -0.3 is 19.6 Å². The van der Waals surface area contributed by atoms with Crippen molar-refractivity contribution in [1.82, 2.24) is 14.9 Å². The molecule has 7 heteroatoms. The van der Waals surface area contributed by atoms with Crippen LogP contribution in [0, 0.1) is 11.8 Å². The van der Waals surface area contributed by atoms with E-state index in [1.165, 1.54) is 0 Å². The molecule has 4 rings (SSSR count). The largest absolute Gasteiger partial charge is 0.494 e. The summed E-state index contributed by atoms with van der Waals surface area (Å²) in [6.45, 7) is 3.56. The molecule has 28 heavy (non-hydrogen) atoms. The van der Waals surface area contributed by atoms with Crippen molar-refractivity contribution in [2.45, 2.75) is 38.1 Å². The second-order valence-corrected chi connectivity index (χ2v) is 7.99. The smallest absolute Gasteiger partial charge is 0.303 e. The zero-order valence-electron chi connectivity index (χ0n) is 16.4. The van der Waals surface area contributed by atoms with Crippen LogP contribution in [0.3, 0.4) is 0 Å². The lowest BCUT2D eigenvalue weighted by molar-refractivity contribution is -0.139. The summed E-state index contributed by atoms with van der Waals surface area (Å²) in [5.41, 5.74) is 1.80. The van der Waals surface area contributed by atoms with Gasteiger partial charge >= 0.3 is 5.97 Å². The number of carboxylic acid groups (broad SMARTS) is 1. The third kappa shape index (κ3) is 4.15. The van der Waals surface area contributed by atoms with Crippen LogP contribution in [0.4, 0.5) is 0 Å². The van der Waals surface area contributed by atoms with Gasteiger partial charge in [-0.05, 0) is 49.8 Å². The Morgan fingerprint density at radius 2 is 2.14 bits per heavy atom. The fourth-order valence-corrected chi connectivity index (χ4v) is 4.78. The molecule has 0 saturated carbocycles. The Balaban J connectivity index is 1.53. The van der Waals surface area contributed by atoms with Crippen LogP contribution < -0.4 is 4.74 Å². The minimum Gasteiger partial charge on any atom is -0.494 e. The molecule has 2 aromatic rings. The molecule has 1 aromatic heterocycles. The summed E-state index contributed by atoms with van der Waals surface area (Å²) in [5, 5.41) is 9.38. The average Bonchev–Trinajstić information content (AvgIpc) is 3.12. The monoisotopic (exact) mass is 387 g/mol. The van der Waals surface area contributed by atoms with Gasteiger partial charge in [0.15, 0.2) is 0 Å². The van der Waals surface area contributed by atoms with Crippen molar-refractivity contribution >= 4 is 17.0 Å². The quantitative estimate of drug-likeness (QED) is 0.792. The summed E-state index contributed by atoms with van der Waals surface area (Å²) < 4.78 is 10.9. The van der Waals surface area contributed by atoms with Crippen LogP contribution in [0.2, 0.25) is 0 Å². The van der Waals surface area contributed by atoms with E-state index in [1.54, 1.807) is 7.11 Å². The molecule has 0 radical (unpaired) electrons. The molecule has 7 nitrogen and oxygen atoms in total. The Bertz CT molecular complexity index is 815.